The molecule has 0 atom stereocenters. The van der Waals surface area contributed by atoms with E-state index in [1.54, 1.807) is 6.07 Å². The fourth-order valence-electron chi connectivity index (χ4n) is 1.25. The molecule has 2 aromatic carbocycles. The molecule has 0 bridgehead atoms. The Labute approximate surface area is 76.7 Å². The fraction of sp³-hybridized carbons (Fsp3) is 0. The maximum atomic E-state index is 12.8. The first kappa shape index (κ1) is 7.99. The molecule has 0 amide bonds. The zero-order chi connectivity index (χ0) is 9.10. The van der Waals surface area contributed by atoms with E-state index < -0.39 is 0 Å². The molecule has 0 aromatic heterocycles. The third kappa shape index (κ3) is 1.75. The maximum Gasteiger partial charge on any atom is 0.131 e. The smallest absolute Gasteiger partial charge is 0.131 e. The van der Waals surface area contributed by atoms with Crippen LogP contribution in [0.3, 0.4) is 0 Å². The highest BCUT2D eigenvalue weighted by Crippen LogP contribution is 2.18. The van der Waals surface area contributed by atoms with Gasteiger partial charge in [-0.05, 0) is 17.2 Å². The Bertz CT molecular complexity index is 393. The summed E-state index contributed by atoms with van der Waals surface area (Å²) in [4.78, 5) is 0. The van der Waals surface area contributed by atoms with Gasteiger partial charge in [0.1, 0.15) is 5.82 Å². The Kier molecular flexibility index (Phi) is 2.09. The van der Waals surface area contributed by atoms with Crippen LogP contribution in [0.2, 0.25) is 0 Å². The topological polar surface area (TPSA) is 0 Å². The summed E-state index contributed by atoms with van der Waals surface area (Å²) in [6.07, 6.45) is 0. The van der Waals surface area contributed by atoms with Crippen LogP contribution in [0.25, 0.3) is 11.1 Å². The SMILES string of the molecule is Fc1[c]ccc(-c2ccccc2)c1. The summed E-state index contributed by atoms with van der Waals surface area (Å²) in [6, 6.07) is 17.1. The van der Waals surface area contributed by atoms with Crippen molar-refractivity contribution in [1.82, 2.24) is 0 Å². The maximum absolute atomic E-state index is 12.8. The molecule has 0 aliphatic carbocycles. The van der Waals surface area contributed by atoms with E-state index >= 15 is 0 Å². The van der Waals surface area contributed by atoms with Crippen molar-refractivity contribution in [2.75, 3.05) is 0 Å². The van der Waals surface area contributed by atoms with Gasteiger partial charge in [-0.25, -0.2) is 4.39 Å². The van der Waals surface area contributed by atoms with Gasteiger partial charge in [0.25, 0.3) is 0 Å². The van der Waals surface area contributed by atoms with Crippen molar-refractivity contribution < 1.29 is 4.39 Å². The number of halogens is 1. The van der Waals surface area contributed by atoms with Crippen LogP contribution in [0.15, 0.2) is 48.5 Å². The zero-order valence-electron chi connectivity index (χ0n) is 7.00. The van der Waals surface area contributed by atoms with Gasteiger partial charge in [0.15, 0.2) is 0 Å². The molecule has 0 spiro atoms. The minimum Gasteiger partial charge on any atom is -0.206 e. The molecule has 1 radical (unpaired) electrons. The molecule has 1 heteroatoms. The lowest BCUT2D eigenvalue weighted by atomic mass is 10.1. The second-order valence-electron chi connectivity index (χ2n) is 2.79. The van der Waals surface area contributed by atoms with Gasteiger partial charge < -0.3 is 0 Å². The molecular weight excluding hydrogens is 163 g/mol. The molecule has 0 nitrogen and oxygen atoms in total. The molecule has 0 saturated heterocycles. The van der Waals surface area contributed by atoms with E-state index in [1.807, 2.05) is 36.4 Å². The highest BCUT2D eigenvalue weighted by Gasteiger charge is 1.96. The first-order chi connectivity index (χ1) is 6.36. The number of hydrogen-bond donors (Lipinski definition) is 0. The predicted molar refractivity (Wildman–Crippen MR) is 50.7 cm³/mol. The van der Waals surface area contributed by atoms with E-state index in [2.05, 4.69) is 6.07 Å². The van der Waals surface area contributed by atoms with Crippen LogP contribution in [-0.2, 0) is 0 Å². The number of hydrogen-bond acceptors (Lipinski definition) is 0. The summed E-state index contributed by atoms with van der Waals surface area (Å²) in [7, 11) is 0. The van der Waals surface area contributed by atoms with Crippen molar-refractivity contribution in [3.05, 3.63) is 60.4 Å². The van der Waals surface area contributed by atoms with Gasteiger partial charge in [-0.1, -0.05) is 42.5 Å². The van der Waals surface area contributed by atoms with Crippen molar-refractivity contribution in [2.45, 2.75) is 0 Å². The summed E-state index contributed by atoms with van der Waals surface area (Å²) in [5.41, 5.74) is 1.91. The van der Waals surface area contributed by atoms with E-state index in [9.17, 15) is 4.39 Å². The summed E-state index contributed by atoms with van der Waals surface area (Å²) in [6.45, 7) is 0. The van der Waals surface area contributed by atoms with E-state index in [1.165, 1.54) is 6.07 Å². The molecule has 2 aromatic rings. The molecule has 0 fully saturated rings. The van der Waals surface area contributed by atoms with Gasteiger partial charge >= 0.3 is 0 Å². The summed E-state index contributed by atoms with van der Waals surface area (Å²) in [5.74, 6) is -0.318. The molecule has 0 N–H and O–H groups in total. The average Bonchev–Trinajstić information content (AvgIpc) is 2.19. The summed E-state index contributed by atoms with van der Waals surface area (Å²) < 4.78 is 12.8. The predicted octanol–water partition coefficient (Wildman–Crippen LogP) is 3.29. The molecule has 0 aliphatic rings. The first-order valence-corrected chi connectivity index (χ1v) is 4.09. The van der Waals surface area contributed by atoms with Gasteiger partial charge in [-0.2, -0.15) is 0 Å². The Morgan fingerprint density at radius 1 is 0.923 bits per heavy atom. The van der Waals surface area contributed by atoms with Crippen LogP contribution in [0.5, 0.6) is 0 Å². The van der Waals surface area contributed by atoms with E-state index in [0.29, 0.717) is 0 Å². The van der Waals surface area contributed by atoms with Crippen LogP contribution in [0.4, 0.5) is 4.39 Å². The monoisotopic (exact) mass is 171 g/mol. The van der Waals surface area contributed by atoms with Crippen molar-refractivity contribution >= 4 is 0 Å². The second-order valence-corrected chi connectivity index (χ2v) is 2.79. The van der Waals surface area contributed by atoms with Crippen LogP contribution >= 0.6 is 0 Å². The zero-order valence-corrected chi connectivity index (χ0v) is 7.00. The normalized spacial score (nSPS) is 9.92. The average molecular weight is 171 g/mol. The molecule has 13 heavy (non-hydrogen) atoms. The van der Waals surface area contributed by atoms with Gasteiger partial charge in [-0.15, -0.1) is 0 Å². The number of benzene rings is 2. The number of rotatable bonds is 1. The highest BCUT2D eigenvalue weighted by molar-refractivity contribution is 5.62. The molecule has 0 saturated carbocycles. The third-order valence-electron chi connectivity index (χ3n) is 1.87. The highest BCUT2D eigenvalue weighted by atomic mass is 19.1. The Balaban J connectivity index is 2.48. The summed E-state index contributed by atoms with van der Waals surface area (Å²) >= 11 is 0. The van der Waals surface area contributed by atoms with E-state index in [4.69, 9.17) is 0 Å². The minimum atomic E-state index is -0.318. The molecule has 63 valence electrons. The van der Waals surface area contributed by atoms with Crippen molar-refractivity contribution in [3.63, 3.8) is 0 Å². The van der Waals surface area contributed by atoms with E-state index in [-0.39, 0.29) is 5.82 Å². The van der Waals surface area contributed by atoms with Crippen molar-refractivity contribution in [1.29, 1.82) is 0 Å². The lowest BCUT2D eigenvalue weighted by molar-refractivity contribution is 0.626. The van der Waals surface area contributed by atoms with Crippen molar-refractivity contribution in [3.8, 4) is 11.1 Å². The molecule has 2 rings (SSSR count). The molecule has 0 aliphatic heterocycles. The minimum absolute atomic E-state index is 0.318. The van der Waals surface area contributed by atoms with Gasteiger partial charge in [0, 0.05) is 6.07 Å². The first-order valence-electron chi connectivity index (χ1n) is 4.09. The quantitative estimate of drug-likeness (QED) is 0.617. The Morgan fingerprint density at radius 3 is 2.38 bits per heavy atom. The van der Waals surface area contributed by atoms with Gasteiger partial charge in [0.05, 0.1) is 0 Å². The fourth-order valence-corrected chi connectivity index (χ4v) is 1.25. The molecular formula is C12H8F. The largest absolute Gasteiger partial charge is 0.206 e. The van der Waals surface area contributed by atoms with Crippen LogP contribution in [0.1, 0.15) is 0 Å². The van der Waals surface area contributed by atoms with Crippen molar-refractivity contribution in [2.24, 2.45) is 0 Å². The van der Waals surface area contributed by atoms with Crippen LogP contribution in [0, 0.1) is 11.9 Å². The van der Waals surface area contributed by atoms with Gasteiger partial charge in [-0.3, -0.25) is 0 Å². The standard InChI is InChI=1S/C12H8F/c13-12-8-4-7-11(9-12)10-5-2-1-3-6-10/h1-7,9H. The lowest BCUT2D eigenvalue weighted by Gasteiger charge is -1.99. The summed E-state index contributed by atoms with van der Waals surface area (Å²) in [5, 5.41) is 0. The Morgan fingerprint density at radius 2 is 1.69 bits per heavy atom. The lowest BCUT2D eigenvalue weighted by Crippen LogP contribution is -1.78. The second kappa shape index (κ2) is 3.40. The van der Waals surface area contributed by atoms with Crippen LogP contribution < -0.4 is 0 Å². The van der Waals surface area contributed by atoms with Gasteiger partial charge in [0.2, 0.25) is 0 Å². The Hall–Kier alpha value is -1.63. The third-order valence-corrected chi connectivity index (χ3v) is 1.87. The molecule has 0 heterocycles. The van der Waals surface area contributed by atoms with E-state index in [0.717, 1.165) is 11.1 Å². The molecule has 0 unspecified atom stereocenters. The van der Waals surface area contributed by atoms with Crippen LogP contribution in [-0.4, -0.2) is 0 Å².